The number of halogens is 1. The summed E-state index contributed by atoms with van der Waals surface area (Å²) in [6, 6.07) is 13.5. The maximum atomic E-state index is 5.52. The smallest absolute Gasteiger partial charge is 0.169 e. The van der Waals surface area contributed by atoms with Gasteiger partial charge in [-0.05, 0) is 33.6 Å². The van der Waals surface area contributed by atoms with Crippen LogP contribution in [0.15, 0.2) is 51.6 Å². The summed E-state index contributed by atoms with van der Waals surface area (Å²) in [5.41, 5.74) is 3.80. The van der Waals surface area contributed by atoms with Gasteiger partial charge in [0.05, 0.1) is 0 Å². The second-order valence-corrected chi connectivity index (χ2v) is 3.93. The molecule has 78 valence electrons. The van der Waals surface area contributed by atoms with E-state index in [1.54, 1.807) is 0 Å². The van der Waals surface area contributed by atoms with Crippen LogP contribution in [0.1, 0.15) is 17.4 Å². The molecule has 15 heavy (non-hydrogen) atoms. The van der Waals surface area contributed by atoms with Crippen LogP contribution < -0.4 is 11.3 Å². The maximum absolute atomic E-state index is 5.52. The third kappa shape index (κ3) is 2.28. The summed E-state index contributed by atoms with van der Waals surface area (Å²) < 4.78 is 6.17. The average molecular weight is 267 g/mol. The van der Waals surface area contributed by atoms with Gasteiger partial charge in [-0.1, -0.05) is 30.3 Å². The van der Waals surface area contributed by atoms with Crippen molar-refractivity contribution in [1.29, 1.82) is 0 Å². The molecular formula is C11H11BrN2O. The van der Waals surface area contributed by atoms with E-state index in [0.717, 1.165) is 11.3 Å². The minimum Gasteiger partial charge on any atom is -0.452 e. The molecule has 2 aromatic rings. The maximum Gasteiger partial charge on any atom is 0.169 e. The monoisotopic (exact) mass is 266 g/mol. The van der Waals surface area contributed by atoms with Crippen LogP contribution in [0.25, 0.3) is 0 Å². The van der Waals surface area contributed by atoms with Crippen molar-refractivity contribution in [3.63, 3.8) is 0 Å². The molecule has 0 spiro atoms. The SMILES string of the molecule is NNC(c1ccccc1)c1ccc(Br)o1. The molecule has 0 saturated heterocycles. The largest absolute Gasteiger partial charge is 0.452 e. The summed E-state index contributed by atoms with van der Waals surface area (Å²) in [7, 11) is 0. The molecule has 2 rings (SSSR count). The van der Waals surface area contributed by atoms with Gasteiger partial charge in [0.15, 0.2) is 4.67 Å². The van der Waals surface area contributed by atoms with Crippen LogP contribution >= 0.6 is 15.9 Å². The van der Waals surface area contributed by atoms with Crippen molar-refractivity contribution in [2.45, 2.75) is 6.04 Å². The molecule has 0 aliphatic heterocycles. The van der Waals surface area contributed by atoms with Crippen molar-refractivity contribution in [2.24, 2.45) is 5.84 Å². The molecule has 0 bridgehead atoms. The molecule has 3 nitrogen and oxygen atoms in total. The van der Waals surface area contributed by atoms with Gasteiger partial charge in [-0.2, -0.15) is 0 Å². The van der Waals surface area contributed by atoms with Crippen LogP contribution in [0, 0.1) is 0 Å². The molecule has 1 aromatic heterocycles. The molecule has 1 atom stereocenters. The zero-order valence-corrected chi connectivity index (χ0v) is 9.57. The van der Waals surface area contributed by atoms with Gasteiger partial charge in [-0.15, -0.1) is 0 Å². The number of hydrogen-bond donors (Lipinski definition) is 2. The number of hydrogen-bond acceptors (Lipinski definition) is 3. The highest BCUT2D eigenvalue weighted by Gasteiger charge is 2.15. The molecular weight excluding hydrogens is 256 g/mol. The normalized spacial score (nSPS) is 12.7. The molecule has 1 heterocycles. The lowest BCUT2D eigenvalue weighted by Crippen LogP contribution is -2.28. The lowest BCUT2D eigenvalue weighted by Gasteiger charge is -2.13. The molecule has 0 saturated carbocycles. The van der Waals surface area contributed by atoms with Crippen LogP contribution in [-0.4, -0.2) is 0 Å². The van der Waals surface area contributed by atoms with Gasteiger partial charge in [0, 0.05) is 0 Å². The van der Waals surface area contributed by atoms with Crippen LogP contribution in [0.5, 0.6) is 0 Å². The minimum absolute atomic E-state index is 0.113. The van der Waals surface area contributed by atoms with E-state index in [1.807, 2.05) is 42.5 Å². The van der Waals surface area contributed by atoms with E-state index in [1.165, 1.54) is 0 Å². The van der Waals surface area contributed by atoms with Crippen molar-refractivity contribution >= 4 is 15.9 Å². The fourth-order valence-electron chi connectivity index (χ4n) is 1.47. The highest BCUT2D eigenvalue weighted by Crippen LogP contribution is 2.25. The van der Waals surface area contributed by atoms with Crippen LogP contribution in [0.2, 0.25) is 0 Å². The Morgan fingerprint density at radius 1 is 1.13 bits per heavy atom. The highest BCUT2D eigenvalue weighted by atomic mass is 79.9. The van der Waals surface area contributed by atoms with Crippen LogP contribution in [-0.2, 0) is 0 Å². The molecule has 4 heteroatoms. The summed E-state index contributed by atoms with van der Waals surface area (Å²) in [6.07, 6.45) is 0. The molecule has 0 fully saturated rings. The Labute approximate surface area is 96.4 Å². The van der Waals surface area contributed by atoms with Crippen molar-refractivity contribution in [3.05, 3.63) is 58.5 Å². The Morgan fingerprint density at radius 3 is 2.40 bits per heavy atom. The van der Waals surface area contributed by atoms with E-state index in [0.29, 0.717) is 4.67 Å². The number of nitrogens with two attached hydrogens (primary N) is 1. The van der Waals surface area contributed by atoms with E-state index in [4.69, 9.17) is 10.3 Å². The fraction of sp³-hybridized carbons (Fsp3) is 0.0909. The minimum atomic E-state index is -0.113. The van der Waals surface area contributed by atoms with Gasteiger partial charge in [-0.3, -0.25) is 5.84 Å². The molecule has 0 aliphatic carbocycles. The Hall–Kier alpha value is -1.10. The number of hydrazine groups is 1. The zero-order chi connectivity index (χ0) is 10.7. The van der Waals surface area contributed by atoms with Gasteiger partial charge < -0.3 is 4.42 Å². The predicted octanol–water partition coefficient (Wildman–Crippen LogP) is 2.59. The third-order valence-electron chi connectivity index (χ3n) is 2.18. The zero-order valence-electron chi connectivity index (χ0n) is 7.98. The van der Waals surface area contributed by atoms with Crippen molar-refractivity contribution in [1.82, 2.24) is 5.43 Å². The molecule has 0 aliphatic rings. The summed E-state index contributed by atoms with van der Waals surface area (Å²) in [5, 5.41) is 0. The first kappa shape index (κ1) is 10.4. The molecule has 1 unspecified atom stereocenters. The first-order valence-electron chi connectivity index (χ1n) is 4.57. The quantitative estimate of drug-likeness (QED) is 0.663. The number of benzene rings is 1. The van der Waals surface area contributed by atoms with Gasteiger partial charge in [0.2, 0.25) is 0 Å². The summed E-state index contributed by atoms with van der Waals surface area (Å²) in [4.78, 5) is 0. The topological polar surface area (TPSA) is 51.2 Å². The van der Waals surface area contributed by atoms with Crippen molar-refractivity contribution in [3.8, 4) is 0 Å². The molecule has 1 aromatic carbocycles. The Bertz CT molecular complexity index is 427. The Balaban J connectivity index is 2.33. The van der Waals surface area contributed by atoms with E-state index in [2.05, 4.69) is 21.4 Å². The average Bonchev–Trinajstić information content (AvgIpc) is 2.68. The lowest BCUT2D eigenvalue weighted by atomic mass is 10.1. The van der Waals surface area contributed by atoms with E-state index in [9.17, 15) is 0 Å². The summed E-state index contributed by atoms with van der Waals surface area (Å²) >= 11 is 3.27. The van der Waals surface area contributed by atoms with Gasteiger partial charge in [-0.25, -0.2) is 5.43 Å². The second-order valence-electron chi connectivity index (χ2n) is 3.15. The molecule has 0 radical (unpaired) electrons. The predicted molar refractivity (Wildman–Crippen MR) is 62.0 cm³/mol. The second kappa shape index (κ2) is 4.61. The van der Waals surface area contributed by atoms with Crippen molar-refractivity contribution < 1.29 is 4.42 Å². The number of furan rings is 1. The van der Waals surface area contributed by atoms with E-state index >= 15 is 0 Å². The van der Waals surface area contributed by atoms with Gasteiger partial charge in [0.1, 0.15) is 11.8 Å². The fourth-order valence-corrected chi connectivity index (χ4v) is 1.79. The first-order chi connectivity index (χ1) is 7.31. The van der Waals surface area contributed by atoms with Gasteiger partial charge >= 0.3 is 0 Å². The van der Waals surface area contributed by atoms with Crippen LogP contribution in [0.3, 0.4) is 0 Å². The van der Waals surface area contributed by atoms with Crippen LogP contribution in [0.4, 0.5) is 0 Å². The summed E-state index contributed by atoms with van der Waals surface area (Å²) in [6.45, 7) is 0. The lowest BCUT2D eigenvalue weighted by molar-refractivity contribution is 0.437. The third-order valence-corrected chi connectivity index (χ3v) is 2.60. The van der Waals surface area contributed by atoms with E-state index < -0.39 is 0 Å². The van der Waals surface area contributed by atoms with E-state index in [-0.39, 0.29) is 6.04 Å². The first-order valence-corrected chi connectivity index (χ1v) is 5.37. The summed E-state index contributed by atoms with van der Waals surface area (Å²) in [5.74, 6) is 6.31. The van der Waals surface area contributed by atoms with Gasteiger partial charge in [0.25, 0.3) is 0 Å². The van der Waals surface area contributed by atoms with Crippen molar-refractivity contribution in [2.75, 3.05) is 0 Å². The Morgan fingerprint density at radius 2 is 1.87 bits per heavy atom. The molecule has 3 N–H and O–H groups in total. The number of nitrogens with one attached hydrogen (secondary N) is 1. The number of rotatable bonds is 3. The Kier molecular flexibility index (Phi) is 3.20. The highest BCUT2D eigenvalue weighted by molar-refractivity contribution is 9.10. The molecule has 0 amide bonds. The standard InChI is InChI=1S/C11H11BrN2O/c12-10-7-6-9(15-10)11(14-13)8-4-2-1-3-5-8/h1-7,11,14H,13H2.